The van der Waals surface area contributed by atoms with Gasteiger partial charge in [0.2, 0.25) is 0 Å². The third-order valence-electron chi connectivity index (χ3n) is 4.08. The van der Waals surface area contributed by atoms with E-state index in [1.165, 1.54) is 0 Å². The van der Waals surface area contributed by atoms with Crippen molar-refractivity contribution in [3.05, 3.63) is 59.7 Å². The minimum absolute atomic E-state index is 0.185. The molecule has 2 rings (SSSR count). The van der Waals surface area contributed by atoms with E-state index in [1.807, 2.05) is 30.3 Å². The summed E-state index contributed by atoms with van der Waals surface area (Å²) >= 11 is 0. The largest absolute Gasteiger partial charge is 0.457 e. The summed E-state index contributed by atoms with van der Waals surface area (Å²) in [6.45, 7) is 2.05. The lowest BCUT2D eigenvalue weighted by Gasteiger charge is -2.15. The highest BCUT2D eigenvalue weighted by Crippen LogP contribution is 2.46. The maximum absolute atomic E-state index is 11.3. The summed E-state index contributed by atoms with van der Waals surface area (Å²) in [7, 11) is -9.76. The molecule has 0 radical (unpaired) electrons. The molecule has 0 aromatic heterocycles. The zero-order chi connectivity index (χ0) is 20.1. The van der Waals surface area contributed by atoms with Crippen LogP contribution in [0.5, 0.6) is 11.5 Å². The smallest absolute Gasteiger partial charge is 0.346 e. The van der Waals surface area contributed by atoms with Gasteiger partial charge in [-0.1, -0.05) is 31.2 Å². The SMILES string of the molecule is CCc1cccc(Oc2cccc(CCCC(P(=O)(O)O)S(=O)(=O)O)c2)c1. The lowest BCUT2D eigenvalue weighted by atomic mass is 10.1. The van der Waals surface area contributed by atoms with Gasteiger partial charge >= 0.3 is 7.60 Å². The first-order valence-corrected chi connectivity index (χ1v) is 11.7. The zero-order valence-corrected chi connectivity index (χ0v) is 16.6. The third-order valence-corrected chi connectivity index (χ3v) is 7.63. The second-order valence-electron chi connectivity index (χ2n) is 6.20. The number of benzene rings is 2. The van der Waals surface area contributed by atoms with Gasteiger partial charge in [-0.05, 0) is 61.1 Å². The van der Waals surface area contributed by atoms with E-state index in [1.54, 1.807) is 18.2 Å². The van der Waals surface area contributed by atoms with Gasteiger partial charge in [-0.3, -0.25) is 9.12 Å². The number of hydrogen-bond acceptors (Lipinski definition) is 4. The van der Waals surface area contributed by atoms with E-state index in [9.17, 15) is 13.0 Å². The van der Waals surface area contributed by atoms with E-state index in [-0.39, 0.29) is 12.8 Å². The third kappa shape index (κ3) is 6.75. The molecule has 0 aliphatic rings. The Bertz CT molecular complexity index is 921. The molecule has 0 aliphatic carbocycles. The molecule has 0 fully saturated rings. The molecule has 0 saturated heterocycles. The van der Waals surface area contributed by atoms with Crippen LogP contribution in [0.1, 0.15) is 30.9 Å². The minimum atomic E-state index is -4.94. The first kappa shape index (κ1) is 21.6. The topological polar surface area (TPSA) is 121 Å². The van der Waals surface area contributed by atoms with Gasteiger partial charge < -0.3 is 14.5 Å². The summed E-state index contributed by atoms with van der Waals surface area (Å²) in [5.74, 6) is 1.32. The van der Waals surface area contributed by atoms with Crippen molar-refractivity contribution in [1.82, 2.24) is 0 Å². The molecule has 148 valence electrons. The van der Waals surface area contributed by atoms with Gasteiger partial charge in [0.05, 0.1) is 0 Å². The summed E-state index contributed by atoms with van der Waals surface area (Å²) in [4.78, 5) is 16.1. The minimum Gasteiger partial charge on any atom is -0.457 e. The van der Waals surface area contributed by atoms with Crippen LogP contribution >= 0.6 is 7.60 Å². The van der Waals surface area contributed by atoms with Crippen molar-refractivity contribution in [3.63, 3.8) is 0 Å². The van der Waals surface area contributed by atoms with Crippen molar-refractivity contribution in [2.75, 3.05) is 0 Å². The molecule has 9 heteroatoms. The Hall–Kier alpha value is -1.70. The van der Waals surface area contributed by atoms with Crippen molar-refractivity contribution >= 4 is 17.7 Å². The molecule has 0 aliphatic heterocycles. The van der Waals surface area contributed by atoms with Gasteiger partial charge in [0.1, 0.15) is 11.5 Å². The maximum atomic E-state index is 11.3. The van der Waals surface area contributed by atoms with Crippen molar-refractivity contribution in [2.45, 2.75) is 37.6 Å². The highest BCUT2D eigenvalue weighted by atomic mass is 32.2. The highest BCUT2D eigenvalue weighted by Gasteiger charge is 2.38. The lowest BCUT2D eigenvalue weighted by Crippen LogP contribution is -2.20. The Morgan fingerprint density at radius 3 is 2.11 bits per heavy atom. The summed E-state index contributed by atoms with van der Waals surface area (Å²) < 4.78 is 48.5. The van der Waals surface area contributed by atoms with Crippen LogP contribution in [0.3, 0.4) is 0 Å². The van der Waals surface area contributed by atoms with Crippen molar-refractivity contribution < 1.29 is 32.1 Å². The van der Waals surface area contributed by atoms with E-state index >= 15 is 0 Å². The standard InChI is InChI=1S/C18H23O7PS/c1-2-14-6-3-9-16(12-14)25-17-10-4-7-15(13-17)8-5-11-18(26(19,20)21)27(22,23)24/h3-4,6-7,9-10,12-13,18H,2,5,8,11H2,1H3,(H2,19,20,21)(H,22,23,24). The number of ether oxygens (including phenoxy) is 1. The molecule has 0 heterocycles. The molecule has 0 saturated carbocycles. The lowest BCUT2D eigenvalue weighted by molar-refractivity contribution is 0.360. The van der Waals surface area contributed by atoms with Crippen molar-refractivity contribution in [2.24, 2.45) is 0 Å². The molecule has 27 heavy (non-hydrogen) atoms. The summed E-state index contributed by atoms with van der Waals surface area (Å²) in [5.41, 5.74) is 1.98. The molecule has 1 atom stereocenters. The monoisotopic (exact) mass is 414 g/mol. The molecular formula is C18H23O7PS. The van der Waals surface area contributed by atoms with Crippen LogP contribution < -0.4 is 4.74 Å². The fourth-order valence-electron chi connectivity index (χ4n) is 2.70. The Balaban J connectivity index is 2.02. The van der Waals surface area contributed by atoms with Crippen LogP contribution in [-0.2, 0) is 27.5 Å². The van der Waals surface area contributed by atoms with Crippen molar-refractivity contribution in [3.8, 4) is 11.5 Å². The maximum Gasteiger partial charge on any atom is 0.346 e. The quantitative estimate of drug-likeness (QED) is 0.422. The molecular weight excluding hydrogens is 391 g/mol. The van der Waals surface area contributed by atoms with Crippen LogP contribution in [0.4, 0.5) is 0 Å². The second-order valence-corrected chi connectivity index (χ2v) is 9.95. The van der Waals surface area contributed by atoms with Gasteiger partial charge in [-0.15, -0.1) is 0 Å². The van der Waals surface area contributed by atoms with Gasteiger partial charge in [-0.2, -0.15) is 8.42 Å². The number of rotatable bonds is 9. The van der Waals surface area contributed by atoms with Gasteiger partial charge in [0, 0.05) is 0 Å². The second kappa shape index (κ2) is 8.99. The fraction of sp³-hybridized carbons (Fsp3) is 0.333. The average molecular weight is 414 g/mol. The van der Waals surface area contributed by atoms with Crippen LogP contribution in [0.25, 0.3) is 0 Å². The average Bonchev–Trinajstić information content (AvgIpc) is 2.57. The molecule has 3 N–H and O–H groups in total. The molecule has 0 bridgehead atoms. The van der Waals surface area contributed by atoms with Crippen LogP contribution in [0, 0.1) is 0 Å². The van der Waals surface area contributed by atoms with Gasteiger partial charge in [0.25, 0.3) is 10.1 Å². The first-order valence-electron chi connectivity index (χ1n) is 8.47. The summed E-state index contributed by atoms with van der Waals surface area (Å²) in [5, 5.41) is 0. The van der Waals surface area contributed by atoms with Gasteiger partial charge in [0.15, 0.2) is 4.99 Å². The Morgan fingerprint density at radius 2 is 1.59 bits per heavy atom. The van der Waals surface area contributed by atoms with E-state index in [0.29, 0.717) is 17.9 Å². The molecule has 2 aromatic carbocycles. The van der Waals surface area contributed by atoms with Gasteiger partial charge in [-0.25, -0.2) is 0 Å². The highest BCUT2D eigenvalue weighted by molar-refractivity contribution is 7.93. The Kier molecular flexibility index (Phi) is 7.19. The van der Waals surface area contributed by atoms with E-state index < -0.39 is 22.7 Å². The number of aryl methyl sites for hydroxylation is 2. The summed E-state index contributed by atoms with van der Waals surface area (Å²) in [6, 6.07) is 14.9. The van der Waals surface area contributed by atoms with E-state index in [0.717, 1.165) is 17.5 Å². The zero-order valence-electron chi connectivity index (χ0n) is 14.9. The molecule has 0 amide bonds. The molecule has 0 spiro atoms. The van der Waals surface area contributed by atoms with Crippen molar-refractivity contribution in [1.29, 1.82) is 0 Å². The first-order chi connectivity index (χ1) is 12.6. The molecule has 1 unspecified atom stereocenters. The van der Waals surface area contributed by atoms with E-state index in [4.69, 9.17) is 19.1 Å². The Labute approximate surface area is 158 Å². The van der Waals surface area contributed by atoms with E-state index in [2.05, 4.69) is 6.92 Å². The Morgan fingerprint density at radius 1 is 1.04 bits per heavy atom. The number of hydrogen-bond donors (Lipinski definition) is 3. The predicted molar refractivity (Wildman–Crippen MR) is 103 cm³/mol. The van der Waals surface area contributed by atoms with Crippen LogP contribution in [-0.4, -0.2) is 27.7 Å². The van der Waals surface area contributed by atoms with Crippen LogP contribution in [0.15, 0.2) is 48.5 Å². The molecule has 7 nitrogen and oxygen atoms in total. The van der Waals surface area contributed by atoms with Crippen LogP contribution in [0.2, 0.25) is 0 Å². The summed E-state index contributed by atoms with van der Waals surface area (Å²) in [6.07, 6.45) is 1.13. The predicted octanol–water partition coefficient (Wildman–Crippen LogP) is 3.76. The normalized spacial score (nSPS) is 13.3. The fourth-order valence-corrected chi connectivity index (χ4v) is 5.07. The molecule has 2 aromatic rings.